The SMILES string of the molecule is CS(=O)(=O)c1ccc2nc(NC(=O)Cc3cccc4ccccc34)sc2c1. The van der Waals surface area contributed by atoms with E-state index in [1.165, 1.54) is 23.7 Å². The minimum Gasteiger partial charge on any atom is -0.302 e. The van der Waals surface area contributed by atoms with Crippen LogP contribution in [-0.2, 0) is 21.1 Å². The van der Waals surface area contributed by atoms with Gasteiger partial charge in [-0.3, -0.25) is 4.79 Å². The van der Waals surface area contributed by atoms with E-state index in [9.17, 15) is 13.2 Å². The third-order valence-electron chi connectivity index (χ3n) is 4.27. The fraction of sp³-hybridized carbons (Fsp3) is 0.100. The highest BCUT2D eigenvalue weighted by atomic mass is 32.2. The quantitative estimate of drug-likeness (QED) is 0.565. The van der Waals surface area contributed by atoms with Crippen LogP contribution in [0, 0.1) is 0 Å². The van der Waals surface area contributed by atoms with Crippen molar-refractivity contribution in [2.24, 2.45) is 0 Å². The third-order valence-corrected chi connectivity index (χ3v) is 6.31. The van der Waals surface area contributed by atoms with Gasteiger partial charge in [-0.2, -0.15) is 0 Å². The second kappa shape index (κ2) is 6.75. The molecule has 1 aromatic heterocycles. The molecule has 0 radical (unpaired) electrons. The summed E-state index contributed by atoms with van der Waals surface area (Å²) in [6.45, 7) is 0. The molecule has 7 heteroatoms. The summed E-state index contributed by atoms with van der Waals surface area (Å²) in [6.07, 6.45) is 1.41. The number of benzene rings is 3. The molecule has 0 saturated heterocycles. The van der Waals surface area contributed by atoms with Crippen molar-refractivity contribution in [1.82, 2.24) is 4.98 Å². The molecule has 0 unspecified atom stereocenters. The van der Waals surface area contributed by atoms with Crippen LogP contribution < -0.4 is 5.32 Å². The first-order valence-corrected chi connectivity index (χ1v) is 11.0. The number of carbonyl (C=O) groups excluding carboxylic acids is 1. The van der Waals surface area contributed by atoms with Crippen LogP contribution in [0.5, 0.6) is 0 Å². The van der Waals surface area contributed by atoms with Gasteiger partial charge in [-0.15, -0.1) is 0 Å². The largest absolute Gasteiger partial charge is 0.302 e. The predicted molar refractivity (Wildman–Crippen MR) is 109 cm³/mol. The first kappa shape index (κ1) is 17.6. The molecule has 0 aliphatic rings. The third kappa shape index (κ3) is 3.70. The Kier molecular flexibility index (Phi) is 4.41. The van der Waals surface area contributed by atoms with Gasteiger partial charge in [0.2, 0.25) is 5.91 Å². The zero-order valence-corrected chi connectivity index (χ0v) is 16.1. The zero-order chi connectivity index (χ0) is 19.0. The maximum atomic E-state index is 12.5. The summed E-state index contributed by atoms with van der Waals surface area (Å²) in [5, 5.41) is 5.43. The van der Waals surface area contributed by atoms with E-state index < -0.39 is 9.84 Å². The highest BCUT2D eigenvalue weighted by molar-refractivity contribution is 7.90. The van der Waals surface area contributed by atoms with Crippen molar-refractivity contribution >= 4 is 53.2 Å². The molecule has 5 nitrogen and oxygen atoms in total. The van der Waals surface area contributed by atoms with Crippen LogP contribution in [0.2, 0.25) is 0 Å². The summed E-state index contributed by atoms with van der Waals surface area (Å²) in [7, 11) is -3.28. The molecule has 0 atom stereocenters. The Bertz CT molecular complexity index is 1270. The molecule has 0 bridgehead atoms. The molecule has 0 saturated carbocycles. The van der Waals surface area contributed by atoms with Crippen LogP contribution in [0.1, 0.15) is 5.56 Å². The number of sulfone groups is 1. The fourth-order valence-electron chi connectivity index (χ4n) is 2.97. The average molecular weight is 396 g/mol. The van der Waals surface area contributed by atoms with Gasteiger partial charge in [-0.25, -0.2) is 13.4 Å². The lowest BCUT2D eigenvalue weighted by Crippen LogP contribution is -2.14. The van der Waals surface area contributed by atoms with E-state index in [-0.39, 0.29) is 17.2 Å². The number of nitrogens with zero attached hydrogens (tertiary/aromatic N) is 1. The number of rotatable bonds is 4. The van der Waals surface area contributed by atoms with E-state index in [1.807, 2.05) is 42.5 Å². The van der Waals surface area contributed by atoms with Crippen molar-refractivity contribution < 1.29 is 13.2 Å². The van der Waals surface area contributed by atoms with Crippen molar-refractivity contribution in [2.45, 2.75) is 11.3 Å². The van der Waals surface area contributed by atoms with Crippen molar-refractivity contribution in [3.63, 3.8) is 0 Å². The van der Waals surface area contributed by atoms with Gasteiger partial charge >= 0.3 is 0 Å². The Labute approximate surface area is 160 Å². The zero-order valence-electron chi connectivity index (χ0n) is 14.5. The lowest BCUT2D eigenvalue weighted by Gasteiger charge is -2.06. The Morgan fingerprint density at radius 3 is 2.67 bits per heavy atom. The van der Waals surface area contributed by atoms with Gasteiger partial charge in [0.15, 0.2) is 15.0 Å². The molecular weight excluding hydrogens is 380 g/mol. The first-order valence-electron chi connectivity index (χ1n) is 8.27. The number of hydrogen-bond acceptors (Lipinski definition) is 5. The number of fused-ring (bicyclic) bond motifs is 2. The Hall–Kier alpha value is -2.77. The summed E-state index contributed by atoms with van der Waals surface area (Å²) in [5.74, 6) is -0.159. The molecule has 1 amide bonds. The molecule has 0 aliphatic heterocycles. The molecule has 0 aliphatic carbocycles. The Balaban J connectivity index is 1.57. The predicted octanol–water partition coefficient (Wildman–Crippen LogP) is 4.03. The highest BCUT2D eigenvalue weighted by Crippen LogP contribution is 2.28. The van der Waals surface area contributed by atoms with Crippen LogP contribution in [-0.4, -0.2) is 25.6 Å². The van der Waals surface area contributed by atoms with Crippen LogP contribution in [0.15, 0.2) is 65.6 Å². The van der Waals surface area contributed by atoms with Crippen LogP contribution in [0.3, 0.4) is 0 Å². The molecule has 0 fully saturated rings. The normalized spacial score (nSPS) is 11.7. The molecule has 4 rings (SSSR count). The minimum atomic E-state index is -3.28. The first-order chi connectivity index (χ1) is 12.9. The standard InChI is InChI=1S/C20H16N2O3S2/c1-27(24,25)15-9-10-17-18(12-15)26-20(21-17)22-19(23)11-14-7-4-6-13-5-2-3-8-16(13)14/h2-10,12H,11H2,1H3,(H,21,22,23). The molecule has 136 valence electrons. The fourth-order valence-corrected chi connectivity index (χ4v) is 4.62. The number of anilines is 1. The molecule has 4 aromatic rings. The minimum absolute atomic E-state index is 0.159. The monoisotopic (exact) mass is 396 g/mol. The second-order valence-corrected chi connectivity index (χ2v) is 9.33. The molecule has 1 heterocycles. The van der Waals surface area contributed by atoms with Gasteiger partial charge < -0.3 is 5.32 Å². The van der Waals surface area contributed by atoms with Crippen molar-refractivity contribution in [2.75, 3.05) is 11.6 Å². The maximum absolute atomic E-state index is 12.5. The molecular formula is C20H16N2O3S2. The van der Waals surface area contributed by atoms with Gasteiger partial charge in [0.25, 0.3) is 0 Å². The number of nitrogens with one attached hydrogen (secondary N) is 1. The summed E-state index contributed by atoms with van der Waals surface area (Å²) in [4.78, 5) is 17.1. The van der Waals surface area contributed by atoms with E-state index in [0.29, 0.717) is 10.6 Å². The van der Waals surface area contributed by atoms with Crippen LogP contribution >= 0.6 is 11.3 Å². The van der Waals surface area contributed by atoms with Crippen LogP contribution in [0.25, 0.3) is 21.0 Å². The Morgan fingerprint density at radius 2 is 1.85 bits per heavy atom. The maximum Gasteiger partial charge on any atom is 0.230 e. The number of amides is 1. The van der Waals surface area contributed by atoms with Crippen molar-refractivity contribution in [3.05, 3.63) is 66.2 Å². The smallest absolute Gasteiger partial charge is 0.230 e. The van der Waals surface area contributed by atoms with Crippen LogP contribution in [0.4, 0.5) is 5.13 Å². The lowest BCUT2D eigenvalue weighted by atomic mass is 10.0. The Morgan fingerprint density at radius 1 is 1.07 bits per heavy atom. The molecule has 0 spiro atoms. The van der Waals surface area contributed by atoms with E-state index in [4.69, 9.17) is 0 Å². The van der Waals surface area contributed by atoms with Gasteiger partial charge in [0.1, 0.15) is 0 Å². The number of carbonyl (C=O) groups is 1. The van der Waals surface area contributed by atoms with Gasteiger partial charge in [0.05, 0.1) is 21.5 Å². The van der Waals surface area contributed by atoms with Gasteiger partial charge in [-0.05, 0) is 34.5 Å². The summed E-state index contributed by atoms with van der Waals surface area (Å²) in [5.41, 5.74) is 1.61. The number of aromatic nitrogens is 1. The average Bonchev–Trinajstić information content (AvgIpc) is 3.02. The molecule has 27 heavy (non-hydrogen) atoms. The second-order valence-electron chi connectivity index (χ2n) is 6.28. The summed E-state index contributed by atoms with van der Waals surface area (Å²) < 4.78 is 24.1. The molecule has 1 N–H and O–H groups in total. The number of thiazole rings is 1. The van der Waals surface area contributed by atoms with Crippen molar-refractivity contribution in [1.29, 1.82) is 0 Å². The molecule has 3 aromatic carbocycles. The van der Waals surface area contributed by atoms with Crippen molar-refractivity contribution in [3.8, 4) is 0 Å². The van der Waals surface area contributed by atoms with E-state index in [0.717, 1.165) is 21.0 Å². The summed E-state index contributed by atoms with van der Waals surface area (Å²) in [6, 6.07) is 18.6. The van der Waals surface area contributed by atoms with E-state index in [2.05, 4.69) is 10.3 Å². The van der Waals surface area contributed by atoms with E-state index >= 15 is 0 Å². The van der Waals surface area contributed by atoms with Gasteiger partial charge in [0, 0.05) is 6.26 Å². The highest BCUT2D eigenvalue weighted by Gasteiger charge is 2.13. The van der Waals surface area contributed by atoms with E-state index in [1.54, 1.807) is 12.1 Å². The van der Waals surface area contributed by atoms with Gasteiger partial charge in [-0.1, -0.05) is 53.8 Å². The number of hydrogen-bond donors (Lipinski definition) is 1. The lowest BCUT2D eigenvalue weighted by molar-refractivity contribution is -0.115. The topological polar surface area (TPSA) is 76.1 Å². The summed E-state index contributed by atoms with van der Waals surface area (Å²) >= 11 is 1.26.